The molecule has 6 nitrogen and oxygen atoms in total. The molecule has 1 saturated heterocycles. The largest absolute Gasteiger partial charge is 0.494 e. The zero-order chi connectivity index (χ0) is 17.5. The number of rotatable bonds is 3. The lowest BCUT2D eigenvalue weighted by molar-refractivity contribution is -0.149. The zero-order valence-corrected chi connectivity index (χ0v) is 13.1. The van der Waals surface area contributed by atoms with Crippen LogP contribution in [-0.4, -0.2) is 42.2 Å². The van der Waals surface area contributed by atoms with E-state index in [1.165, 1.54) is 12.0 Å². The third kappa shape index (κ3) is 2.55. The first-order valence-electron chi connectivity index (χ1n) is 7.70. The highest BCUT2D eigenvalue weighted by molar-refractivity contribution is 5.91. The van der Waals surface area contributed by atoms with Gasteiger partial charge in [0.25, 0.3) is 0 Å². The Labute approximate surface area is 137 Å². The first-order valence-corrected chi connectivity index (χ1v) is 7.70. The zero-order valence-electron chi connectivity index (χ0n) is 13.1. The Morgan fingerprint density at radius 1 is 1.38 bits per heavy atom. The summed E-state index contributed by atoms with van der Waals surface area (Å²) >= 11 is 0. The maximum atomic E-state index is 13.9. The van der Waals surface area contributed by atoms with Crippen molar-refractivity contribution in [2.75, 3.05) is 25.5 Å². The van der Waals surface area contributed by atoms with E-state index in [-0.39, 0.29) is 23.9 Å². The van der Waals surface area contributed by atoms with E-state index in [4.69, 9.17) is 0 Å². The molecule has 0 spiro atoms. The lowest BCUT2D eigenvalue weighted by Crippen LogP contribution is -2.38. The first kappa shape index (κ1) is 16.5. The Hall–Kier alpha value is -2.38. The number of ether oxygens (including phenoxy) is 1. The molecule has 1 aromatic carbocycles. The van der Waals surface area contributed by atoms with Crippen LogP contribution in [0.1, 0.15) is 19.3 Å². The number of hydrogen-bond donors (Lipinski definition) is 2. The van der Waals surface area contributed by atoms with Crippen LogP contribution in [-0.2, 0) is 4.79 Å². The van der Waals surface area contributed by atoms with Crippen LogP contribution < -0.4 is 10.1 Å². The molecule has 1 saturated carbocycles. The molecule has 2 N–H and O–H groups in total. The number of carboxylic acid groups (broad SMARTS) is 1. The first-order chi connectivity index (χ1) is 11.4. The number of amides is 2. The minimum absolute atomic E-state index is 0.0824. The van der Waals surface area contributed by atoms with Gasteiger partial charge in [0.05, 0.1) is 18.2 Å². The molecule has 2 atom stereocenters. The third-order valence-corrected chi connectivity index (χ3v) is 5.07. The van der Waals surface area contributed by atoms with Crippen molar-refractivity contribution in [1.82, 2.24) is 4.90 Å². The minimum Gasteiger partial charge on any atom is -0.494 e. The standard InChI is InChI=1S/C16H18F2N2O4/c1-24-13-6-10(17)12(5-11(13)18)19-15(23)20-7-9-3-2-4-16(9,8-20)14(21)22/h5-6,9H,2-4,7-8H2,1H3,(H,19,23)(H,21,22)/t9-,16+/m0/s1. The number of halogens is 2. The monoisotopic (exact) mass is 340 g/mol. The summed E-state index contributed by atoms with van der Waals surface area (Å²) in [5.74, 6) is -2.88. The van der Waals surface area contributed by atoms with Crippen LogP contribution >= 0.6 is 0 Å². The molecule has 2 fully saturated rings. The van der Waals surface area contributed by atoms with Gasteiger partial charge >= 0.3 is 12.0 Å². The van der Waals surface area contributed by atoms with E-state index >= 15 is 0 Å². The van der Waals surface area contributed by atoms with Gasteiger partial charge < -0.3 is 20.1 Å². The summed E-state index contributed by atoms with van der Waals surface area (Å²) in [7, 11) is 1.21. The fourth-order valence-corrected chi connectivity index (χ4v) is 3.77. The summed E-state index contributed by atoms with van der Waals surface area (Å²) < 4.78 is 32.3. The van der Waals surface area contributed by atoms with Gasteiger partial charge in [0.1, 0.15) is 0 Å². The molecule has 24 heavy (non-hydrogen) atoms. The number of carbonyl (C=O) groups is 2. The van der Waals surface area contributed by atoms with Crippen molar-refractivity contribution in [3.63, 3.8) is 0 Å². The third-order valence-electron chi connectivity index (χ3n) is 5.07. The van der Waals surface area contributed by atoms with Gasteiger partial charge in [0, 0.05) is 25.2 Å². The van der Waals surface area contributed by atoms with Crippen molar-refractivity contribution in [1.29, 1.82) is 0 Å². The molecule has 2 aliphatic rings. The molecular weight excluding hydrogens is 322 g/mol. The fraction of sp³-hybridized carbons (Fsp3) is 0.500. The van der Waals surface area contributed by atoms with Gasteiger partial charge in [-0.3, -0.25) is 4.79 Å². The number of nitrogens with zero attached hydrogens (tertiary/aromatic N) is 1. The van der Waals surface area contributed by atoms with Gasteiger partial charge in [0.2, 0.25) is 0 Å². The maximum Gasteiger partial charge on any atom is 0.321 e. The number of nitrogens with one attached hydrogen (secondary N) is 1. The summed E-state index contributed by atoms with van der Waals surface area (Å²) in [6.07, 6.45) is 2.11. The quantitative estimate of drug-likeness (QED) is 0.887. The van der Waals surface area contributed by atoms with Crippen molar-refractivity contribution in [3.05, 3.63) is 23.8 Å². The SMILES string of the molecule is COc1cc(F)c(NC(=O)N2C[C@@H]3CCC[C@@]3(C(=O)O)C2)cc1F. The number of carbonyl (C=O) groups excluding carboxylic acids is 1. The minimum atomic E-state index is -0.916. The number of fused-ring (bicyclic) bond motifs is 1. The van der Waals surface area contributed by atoms with E-state index in [1.807, 2.05) is 0 Å². The predicted molar refractivity (Wildman–Crippen MR) is 80.9 cm³/mol. The summed E-state index contributed by atoms with van der Waals surface area (Å²) in [4.78, 5) is 25.3. The second kappa shape index (κ2) is 5.92. The van der Waals surface area contributed by atoms with Gasteiger partial charge in [-0.25, -0.2) is 13.6 Å². The molecule has 0 bridgehead atoms. The summed E-state index contributed by atoms with van der Waals surface area (Å²) in [6, 6.07) is 1.06. The van der Waals surface area contributed by atoms with E-state index < -0.39 is 29.0 Å². The lowest BCUT2D eigenvalue weighted by atomic mass is 9.81. The van der Waals surface area contributed by atoms with Gasteiger partial charge in [-0.1, -0.05) is 6.42 Å². The molecule has 0 aromatic heterocycles. The van der Waals surface area contributed by atoms with Gasteiger partial charge in [-0.15, -0.1) is 0 Å². The maximum absolute atomic E-state index is 13.9. The molecule has 130 valence electrons. The number of carboxylic acids is 1. The van der Waals surface area contributed by atoms with Gasteiger partial charge in [0.15, 0.2) is 17.4 Å². The van der Waals surface area contributed by atoms with Crippen molar-refractivity contribution in [3.8, 4) is 5.75 Å². The number of urea groups is 1. The summed E-state index contributed by atoms with van der Waals surface area (Å²) in [5, 5.41) is 11.8. The summed E-state index contributed by atoms with van der Waals surface area (Å²) in [5.41, 5.74) is -1.22. The smallest absolute Gasteiger partial charge is 0.321 e. The second-order valence-corrected chi connectivity index (χ2v) is 6.33. The number of likely N-dealkylation sites (tertiary alicyclic amines) is 1. The summed E-state index contributed by atoms with van der Waals surface area (Å²) in [6.45, 7) is 0.386. The average Bonchev–Trinajstić information content (AvgIpc) is 3.08. The van der Waals surface area contributed by atoms with E-state index in [0.29, 0.717) is 13.0 Å². The molecule has 0 unspecified atom stereocenters. The highest BCUT2D eigenvalue weighted by Gasteiger charge is 2.55. The van der Waals surface area contributed by atoms with E-state index in [0.717, 1.165) is 25.0 Å². The molecule has 3 rings (SSSR count). The van der Waals surface area contributed by atoms with Gasteiger partial charge in [-0.2, -0.15) is 0 Å². The van der Waals surface area contributed by atoms with Crippen LogP contribution in [0.3, 0.4) is 0 Å². The molecule has 1 aliphatic heterocycles. The van der Waals surface area contributed by atoms with E-state index in [9.17, 15) is 23.5 Å². The molecule has 0 radical (unpaired) electrons. The average molecular weight is 340 g/mol. The molecule has 1 heterocycles. The highest BCUT2D eigenvalue weighted by Crippen LogP contribution is 2.49. The lowest BCUT2D eigenvalue weighted by Gasteiger charge is -2.23. The van der Waals surface area contributed by atoms with Crippen LogP contribution in [0.2, 0.25) is 0 Å². The fourth-order valence-electron chi connectivity index (χ4n) is 3.77. The van der Waals surface area contributed by atoms with Crippen LogP contribution in [0.4, 0.5) is 19.3 Å². The van der Waals surface area contributed by atoms with E-state index in [1.54, 1.807) is 0 Å². The van der Waals surface area contributed by atoms with Gasteiger partial charge in [-0.05, 0) is 18.8 Å². The molecule has 2 amide bonds. The predicted octanol–water partition coefficient (Wildman–Crippen LogP) is 2.69. The van der Waals surface area contributed by atoms with Crippen LogP contribution in [0, 0.1) is 23.0 Å². The number of methoxy groups -OCH3 is 1. The number of benzene rings is 1. The molecule has 8 heteroatoms. The Kier molecular flexibility index (Phi) is 4.06. The molecule has 1 aliphatic carbocycles. The normalized spacial score (nSPS) is 25.5. The Morgan fingerprint density at radius 3 is 2.75 bits per heavy atom. The number of hydrogen-bond acceptors (Lipinski definition) is 3. The van der Waals surface area contributed by atoms with Crippen molar-refractivity contribution in [2.45, 2.75) is 19.3 Å². The second-order valence-electron chi connectivity index (χ2n) is 6.33. The van der Waals surface area contributed by atoms with Crippen LogP contribution in [0.15, 0.2) is 12.1 Å². The number of aliphatic carboxylic acids is 1. The van der Waals surface area contributed by atoms with Crippen molar-refractivity contribution >= 4 is 17.7 Å². The highest BCUT2D eigenvalue weighted by atomic mass is 19.1. The Balaban J connectivity index is 1.75. The topological polar surface area (TPSA) is 78.9 Å². The van der Waals surface area contributed by atoms with Crippen LogP contribution in [0.25, 0.3) is 0 Å². The van der Waals surface area contributed by atoms with Crippen LogP contribution in [0.5, 0.6) is 5.75 Å². The molecular formula is C16H18F2N2O4. The van der Waals surface area contributed by atoms with E-state index in [2.05, 4.69) is 10.1 Å². The Morgan fingerprint density at radius 2 is 2.12 bits per heavy atom. The van der Waals surface area contributed by atoms with Crippen molar-refractivity contribution < 1.29 is 28.2 Å². The number of anilines is 1. The molecule has 1 aromatic rings. The Bertz CT molecular complexity index is 697. The van der Waals surface area contributed by atoms with Crippen molar-refractivity contribution in [2.24, 2.45) is 11.3 Å².